The molecule has 2 atom stereocenters. The van der Waals surface area contributed by atoms with Crippen LogP contribution in [0.5, 0.6) is 0 Å². The first kappa shape index (κ1) is 15.3. The molecule has 0 radical (unpaired) electrons. The van der Waals surface area contributed by atoms with Crippen LogP contribution in [0.3, 0.4) is 0 Å². The zero-order valence-corrected chi connectivity index (χ0v) is 11.6. The summed E-state index contributed by atoms with van der Waals surface area (Å²) in [5, 5.41) is 3.09. The van der Waals surface area contributed by atoms with Crippen LogP contribution in [0.2, 0.25) is 0 Å². The standard InChI is InChI=1S/C12H15F3N2O2S/c1-7-6-16-3-2-11(7)17-20(18,19)12-9(14)4-8(13)5-10(12)15/h4-5,7,11,16-17H,2-3,6H2,1H3. The summed E-state index contributed by atoms with van der Waals surface area (Å²) < 4.78 is 66.3. The van der Waals surface area contributed by atoms with Gasteiger partial charge in [0.25, 0.3) is 0 Å². The Morgan fingerprint density at radius 3 is 2.40 bits per heavy atom. The molecular weight excluding hydrogens is 293 g/mol. The molecule has 0 saturated carbocycles. The second kappa shape index (κ2) is 5.71. The number of nitrogens with one attached hydrogen (secondary N) is 2. The lowest BCUT2D eigenvalue weighted by atomic mass is 9.97. The molecule has 0 amide bonds. The van der Waals surface area contributed by atoms with Crippen LogP contribution in [0, 0.1) is 23.4 Å². The van der Waals surface area contributed by atoms with E-state index < -0.39 is 38.4 Å². The van der Waals surface area contributed by atoms with Gasteiger partial charge in [0.1, 0.15) is 17.5 Å². The molecule has 1 saturated heterocycles. The maximum atomic E-state index is 13.5. The van der Waals surface area contributed by atoms with Crippen molar-refractivity contribution in [1.29, 1.82) is 0 Å². The maximum absolute atomic E-state index is 13.5. The second-order valence-electron chi connectivity index (χ2n) is 4.90. The molecule has 20 heavy (non-hydrogen) atoms. The summed E-state index contributed by atoms with van der Waals surface area (Å²) in [6.45, 7) is 3.06. The third kappa shape index (κ3) is 3.13. The van der Waals surface area contributed by atoms with Gasteiger partial charge in [-0.2, -0.15) is 0 Å². The fourth-order valence-electron chi connectivity index (χ4n) is 2.23. The molecule has 0 aliphatic carbocycles. The smallest absolute Gasteiger partial charge is 0.246 e. The van der Waals surface area contributed by atoms with E-state index in [1.54, 1.807) is 0 Å². The Labute approximate surface area is 115 Å². The van der Waals surface area contributed by atoms with Crippen LogP contribution in [0.4, 0.5) is 13.2 Å². The highest BCUT2D eigenvalue weighted by molar-refractivity contribution is 7.89. The van der Waals surface area contributed by atoms with E-state index in [0.717, 1.165) is 0 Å². The van der Waals surface area contributed by atoms with E-state index in [0.29, 0.717) is 31.6 Å². The van der Waals surface area contributed by atoms with Gasteiger partial charge in [0.15, 0.2) is 4.90 Å². The number of hydrogen-bond donors (Lipinski definition) is 2. The van der Waals surface area contributed by atoms with Crippen molar-refractivity contribution in [3.63, 3.8) is 0 Å². The number of benzene rings is 1. The molecule has 0 aromatic heterocycles. The Bertz CT molecular complexity index is 584. The summed E-state index contributed by atoms with van der Waals surface area (Å²) in [6.07, 6.45) is 0.519. The fourth-order valence-corrected chi connectivity index (χ4v) is 3.73. The van der Waals surface area contributed by atoms with Crippen molar-refractivity contribution in [2.24, 2.45) is 5.92 Å². The predicted molar refractivity (Wildman–Crippen MR) is 67.1 cm³/mol. The third-order valence-corrected chi connectivity index (χ3v) is 4.86. The number of hydrogen-bond acceptors (Lipinski definition) is 3. The first-order valence-corrected chi connectivity index (χ1v) is 7.67. The van der Waals surface area contributed by atoms with Crippen molar-refractivity contribution in [3.8, 4) is 0 Å². The number of halogens is 3. The van der Waals surface area contributed by atoms with Gasteiger partial charge in [-0.3, -0.25) is 0 Å². The third-order valence-electron chi connectivity index (χ3n) is 3.32. The van der Waals surface area contributed by atoms with Crippen molar-refractivity contribution < 1.29 is 21.6 Å². The molecule has 0 bridgehead atoms. The fraction of sp³-hybridized carbons (Fsp3) is 0.500. The van der Waals surface area contributed by atoms with Gasteiger partial charge in [0, 0.05) is 18.2 Å². The van der Waals surface area contributed by atoms with E-state index in [2.05, 4.69) is 10.0 Å². The Kier molecular flexibility index (Phi) is 4.36. The summed E-state index contributed by atoms with van der Waals surface area (Å²) in [4.78, 5) is -1.13. The van der Waals surface area contributed by atoms with E-state index in [-0.39, 0.29) is 5.92 Å². The average Bonchev–Trinajstić information content (AvgIpc) is 2.30. The SMILES string of the molecule is CC1CNCCC1NS(=O)(=O)c1c(F)cc(F)cc1F. The molecule has 4 nitrogen and oxygen atoms in total. The van der Waals surface area contributed by atoms with Gasteiger partial charge in [-0.25, -0.2) is 26.3 Å². The van der Waals surface area contributed by atoms with Gasteiger partial charge in [0.05, 0.1) is 0 Å². The molecule has 1 heterocycles. The van der Waals surface area contributed by atoms with Gasteiger partial charge < -0.3 is 5.32 Å². The Hall–Kier alpha value is -1.12. The summed E-state index contributed by atoms with van der Waals surface area (Å²) in [5.74, 6) is -4.03. The van der Waals surface area contributed by atoms with Crippen LogP contribution in [-0.4, -0.2) is 27.5 Å². The van der Waals surface area contributed by atoms with E-state index in [1.807, 2.05) is 6.92 Å². The summed E-state index contributed by atoms with van der Waals surface area (Å²) in [6, 6.07) is 0.289. The monoisotopic (exact) mass is 308 g/mol. The van der Waals surface area contributed by atoms with E-state index in [9.17, 15) is 21.6 Å². The Balaban J connectivity index is 2.31. The van der Waals surface area contributed by atoms with Crippen LogP contribution in [0.15, 0.2) is 17.0 Å². The van der Waals surface area contributed by atoms with Crippen LogP contribution < -0.4 is 10.0 Å². The zero-order chi connectivity index (χ0) is 14.9. The predicted octanol–water partition coefficient (Wildman–Crippen LogP) is 1.38. The lowest BCUT2D eigenvalue weighted by Gasteiger charge is -2.30. The highest BCUT2D eigenvalue weighted by atomic mass is 32.2. The van der Waals surface area contributed by atoms with E-state index >= 15 is 0 Å². The topological polar surface area (TPSA) is 58.2 Å². The molecule has 2 N–H and O–H groups in total. The van der Waals surface area contributed by atoms with Crippen molar-refractivity contribution >= 4 is 10.0 Å². The molecule has 1 aliphatic rings. The van der Waals surface area contributed by atoms with Crippen molar-refractivity contribution in [3.05, 3.63) is 29.6 Å². The molecular formula is C12H15F3N2O2S. The quantitative estimate of drug-likeness (QED) is 0.887. The summed E-state index contributed by atoms with van der Waals surface area (Å²) >= 11 is 0. The average molecular weight is 308 g/mol. The van der Waals surface area contributed by atoms with Crippen molar-refractivity contribution in [1.82, 2.24) is 10.0 Å². The van der Waals surface area contributed by atoms with Crippen LogP contribution in [-0.2, 0) is 10.0 Å². The first-order valence-electron chi connectivity index (χ1n) is 6.19. The molecule has 1 fully saturated rings. The number of sulfonamides is 1. The largest absolute Gasteiger partial charge is 0.316 e. The molecule has 1 aromatic carbocycles. The minimum Gasteiger partial charge on any atom is -0.316 e. The molecule has 1 aromatic rings. The number of piperidine rings is 1. The normalized spacial score (nSPS) is 23.8. The molecule has 1 aliphatic heterocycles. The Morgan fingerprint density at radius 1 is 1.25 bits per heavy atom. The maximum Gasteiger partial charge on any atom is 0.246 e. The lowest BCUT2D eigenvalue weighted by molar-refractivity contribution is 0.327. The minimum absolute atomic E-state index is 0.00917. The van der Waals surface area contributed by atoms with E-state index in [4.69, 9.17) is 0 Å². The van der Waals surface area contributed by atoms with Crippen LogP contribution in [0.25, 0.3) is 0 Å². The Morgan fingerprint density at radius 2 is 1.85 bits per heavy atom. The lowest BCUT2D eigenvalue weighted by Crippen LogP contribution is -2.48. The zero-order valence-electron chi connectivity index (χ0n) is 10.8. The van der Waals surface area contributed by atoms with Gasteiger partial charge >= 0.3 is 0 Å². The first-order chi connectivity index (χ1) is 9.31. The molecule has 2 unspecified atom stereocenters. The molecule has 8 heteroatoms. The van der Waals surface area contributed by atoms with Gasteiger partial charge in [0.2, 0.25) is 10.0 Å². The summed E-state index contributed by atoms with van der Waals surface area (Å²) in [7, 11) is -4.37. The molecule has 2 rings (SSSR count). The van der Waals surface area contributed by atoms with Crippen LogP contribution in [0.1, 0.15) is 13.3 Å². The van der Waals surface area contributed by atoms with Crippen molar-refractivity contribution in [2.45, 2.75) is 24.3 Å². The highest BCUT2D eigenvalue weighted by Gasteiger charge is 2.30. The van der Waals surface area contributed by atoms with Gasteiger partial charge in [-0.15, -0.1) is 0 Å². The van der Waals surface area contributed by atoms with Gasteiger partial charge in [-0.1, -0.05) is 6.92 Å². The second-order valence-corrected chi connectivity index (χ2v) is 6.55. The van der Waals surface area contributed by atoms with E-state index in [1.165, 1.54) is 0 Å². The van der Waals surface area contributed by atoms with Crippen LogP contribution >= 0.6 is 0 Å². The molecule has 0 spiro atoms. The minimum atomic E-state index is -4.37. The van der Waals surface area contributed by atoms with Crippen molar-refractivity contribution in [2.75, 3.05) is 13.1 Å². The van der Waals surface area contributed by atoms with Gasteiger partial charge in [-0.05, 0) is 25.4 Å². The number of rotatable bonds is 3. The summed E-state index contributed by atoms with van der Waals surface area (Å²) in [5.41, 5.74) is 0. The highest BCUT2D eigenvalue weighted by Crippen LogP contribution is 2.22. The molecule has 112 valence electrons.